The first kappa shape index (κ1) is 18.4. The summed E-state index contributed by atoms with van der Waals surface area (Å²) < 4.78 is 15.2. The summed E-state index contributed by atoms with van der Waals surface area (Å²) in [5.74, 6) is 0. The quantitative estimate of drug-likeness (QED) is 0.227. The van der Waals surface area contributed by atoms with Gasteiger partial charge in [-0.25, -0.2) is 0 Å². The van der Waals surface area contributed by atoms with Gasteiger partial charge in [-0.3, -0.25) is 0 Å². The summed E-state index contributed by atoms with van der Waals surface area (Å²) in [7, 11) is -0.342. The lowest BCUT2D eigenvalue weighted by Gasteiger charge is -2.32. The predicted octanol–water partition coefficient (Wildman–Crippen LogP) is 6.66. The monoisotopic (exact) mass is 410 g/mol. The second-order valence-electron chi connectivity index (χ2n) is 9.31. The van der Waals surface area contributed by atoms with Gasteiger partial charge >= 0.3 is 7.12 Å². The highest BCUT2D eigenvalue weighted by molar-refractivity contribution is 7.26. The fraction of sp³-hybridized carbons (Fsp3) is 0.231. The van der Waals surface area contributed by atoms with Gasteiger partial charge in [-0.2, -0.15) is 0 Å². The molecule has 1 aliphatic rings. The van der Waals surface area contributed by atoms with E-state index >= 15 is 0 Å². The number of hydrogen-bond donors (Lipinski definition) is 0. The lowest BCUT2D eigenvalue weighted by Crippen LogP contribution is -2.41. The van der Waals surface area contributed by atoms with Crippen molar-refractivity contribution in [3.8, 4) is 0 Å². The van der Waals surface area contributed by atoms with Crippen LogP contribution in [0.4, 0.5) is 0 Å². The predicted molar refractivity (Wildman–Crippen MR) is 130 cm³/mol. The number of hydrogen-bond acceptors (Lipinski definition) is 3. The molecule has 1 aliphatic heterocycles. The summed E-state index contributed by atoms with van der Waals surface area (Å²) in [5, 5.41) is 7.76. The molecule has 1 saturated heterocycles. The SMILES string of the molecule is CC1(C)OB(c2ccc3sc4ccc5cc6ccccc6cc5c4c3c2)OC1(C)C. The Morgan fingerprint density at radius 1 is 0.667 bits per heavy atom. The molecule has 2 heterocycles. The van der Waals surface area contributed by atoms with E-state index in [0.717, 1.165) is 5.46 Å². The Morgan fingerprint density at radius 2 is 1.33 bits per heavy atom. The maximum Gasteiger partial charge on any atom is 0.494 e. The topological polar surface area (TPSA) is 18.5 Å². The van der Waals surface area contributed by atoms with Crippen LogP contribution in [0.15, 0.2) is 66.7 Å². The highest BCUT2D eigenvalue weighted by Gasteiger charge is 2.51. The standard InChI is InChI=1S/C26H23BO2S/c1-25(2)26(3,4)29-27(28-25)19-10-12-22-21(15-19)24-20-14-17-8-6-5-7-16(17)13-18(20)9-11-23(24)30-22/h5-15H,1-4H3. The van der Waals surface area contributed by atoms with Crippen LogP contribution >= 0.6 is 11.3 Å². The van der Waals surface area contributed by atoms with E-state index in [0.29, 0.717) is 0 Å². The lowest BCUT2D eigenvalue weighted by atomic mass is 9.78. The molecule has 4 heteroatoms. The van der Waals surface area contributed by atoms with Crippen LogP contribution in [0.2, 0.25) is 0 Å². The van der Waals surface area contributed by atoms with Gasteiger partial charge in [0.2, 0.25) is 0 Å². The lowest BCUT2D eigenvalue weighted by molar-refractivity contribution is 0.00578. The van der Waals surface area contributed by atoms with Crippen LogP contribution in [0.25, 0.3) is 41.7 Å². The molecule has 0 atom stereocenters. The molecule has 0 bridgehead atoms. The molecule has 0 spiro atoms. The average Bonchev–Trinajstić information content (AvgIpc) is 3.19. The summed E-state index contributed by atoms with van der Waals surface area (Å²) in [6, 6.07) is 24.3. The first-order valence-electron chi connectivity index (χ1n) is 10.5. The van der Waals surface area contributed by atoms with Gasteiger partial charge in [0.05, 0.1) is 11.2 Å². The van der Waals surface area contributed by atoms with E-state index in [1.807, 2.05) is 11.3 Å². The van der Waals surface area contributed by atoms with Crippen LogP contribution in [0, 0.1) is 0 Å². The summed E-state index contributed by atoms with van der Waals surface area (Å²) in [4.78, 5) is 0. The highest BCUT2D eigenvalue weighted by atomic mass is 32.1. The Bertz CT molecular complexity index is 1450. The molecule has 0 amide bonds. The minimum atomic E-state index is -0.342. The number of fused-ring (bicyclic) bond motifs is 6. The van der Waals surface area contributed by atoms with Crippen LogP contribution in [0.5, 0.6) is 0 Å². The van der Waals surface area contributed by atoms with E-state index in [1.54, 1.807) is 0 Å². The van der Waals surface area contributed by atoms with Crippen molar-refractivity contribution < 1.29 is 9.31 Å². The van der Waals surface area contributed by atoms with Crippen molar-refractivity contribution in [1.82, 2.24) is 0 Å². The Morgan fingerprint density at radius 3 is 2.07 bits per heavy atom. The van der Waals surface area contributed by atoms with Gasteiger partial charge in [0.15, 0.2) is 0 Å². The largest absolute Gasteiger partial charge is 0.494 e. The van der Waals surface area contributed by atoms with Gasteiger partial charge in [0, 0.05) is 20.2 Å². The molecule has 0 unspecified atom stereocenters. The molecular formula is C26H23BO2S. The van der Waals surface area contributed by atoms with Crippen LogP contribution in [-0.4, -0.2) is 18.3 Å². The Kier molecular flexibility index (Phi) is 3.72. The van der Waals surface area contributed by atoms with Crippen molar-refractivity contribution in [2.45, 2.75) is 38.9 Å². The summed E-state index contributed by atoms with van der Waals surface area (Å²) in [6.07, 6.45) is 0. The molecule has 30 heavy (non-hydrogen) atoms. The van der Waals surface area contributed by atoms with Crippen LogP contribution in [0.1, 0.15) is 27.7 Å². The molecule has 5 aromatic rings. The zero-order valence-corrected chi connectivity index (χ0v) is 18.5. The maximum absolute atomic E-state index is 6.31. The second kappa shape index (κ2) is 6.07. The summed E-state index contributed by atoms with van der Waals surface area (Å²) >= 11 is 1.85. The van der Waals surface area contributed by atoms with E-state index < -0.39 is 0 Å². The second-order valence-corrected chi connectivity index (χ2v) is 10.4. The van der Waals surface area contributed by atoms with Gasteiger partial charge in [-0.15, -0.1) is 11.3 Å². The fourth-order valence-electron chi connectivity index (χ4n) is 4.43. The van der Waals surface area contributed by atoms with Crippen molar-refractivity contribution >= 4 is 65.6 Å². The molecule has 0 N–H and O–H groups in total. The van der Waals surface area contributed by atoms with E-state index in [1.165, 1.54) is 41.7 Å². The molecule has 2 nitrogen and oxygen atoms in total. The zero-order chi connectivity index (χ0) is 20.7. The molecule has 6 rings (SSSR count). The van der Waals surface area contributed by atoms with Crippen molar-refractivity contribution in [2.24, 2.45) is 0 Å². The Balaban J connectivity index is 1.60. The molecule has 0 aliphatic carbocycles. The van der Waals surface area contributed by atoms with Crippen molar-refractivity contribution in [2.75, 3.05) is 0 Å². The van der Waals surface area contributed by atoms with E-state index in [9.17, 15) is 0 Å². The first-order valence-corrected chi connectivity index (χ1v) is 11.3. The Hall–Kier alpha value is -2.40. The maximum atomic E-state index is 6.31. The third-order valence-corrected chi connectivity index (χ3v) is 8.00. The van der Waals surface area contributed by atoms with Crippen LogP contribution in [0.3, 0.4) is 0 Å². The third kappa shape index (κ3) is 2.57. The zero-order valence-electron chi connectivity index (χ0n) is 17.7. The minimum Gasteiger partial charge on any atom is -0.399 e. The molecular weight excluding hydrogens is 387 g/mol. The van der Waals surface area contributed by atoms with E-state index in [2.05, 4.69) is 94.4 Å². The van der Waals surface area contributed by atoms with Crippen molar-refractivity contribution in [3.05, 3.63) is 66.7 Å². The van der Waals surface area contributed by atoms with Crippen LogP contribution in [-0.2, 0) is 9.31 Å². The number of thiophene rings is 1. The molecule has 4 aromatic carbocycles. The molecule has 148 valence electrons. The normalized spacial score (nSPS) is 18.2. The van der Waals surface area contributed by atoms with E-state index in [4.69, 9.17) is 9.31 Å². The first-order chi connectivity index (χ1) is 14.3. The van der Waals surface area contributed by atoms with Crippen LogP contribution < -0.4 is 5.46 Å². The average molecular weight is 410 g/mol. The molecule has 0 radical (unpaired) electrons. The van der Waals surface area contributed by atoms with Gasteiger partial charge in [0.1, 0.15) is 0 Å². The highest BCUT2D eigenvalue weighted by Crippen LogP contribution is 2.40. The van der Waals surface area contributed by atoms with Crippen molar-refractivity contribution in [1.29, 1.82) is 0 Å². The molecule has 1 fully saturated rings. The molecule has 1 aromatic heterocycles. The minimum absolute atomic E-state index is 0.338. The number of rotatable bonds is 1. The van der Waals surface area contributed by atoms with Gasteiger partial charge in [-0.05, 0) is 79.0 Å². The third-order valence-electron chi connectivity index (χ3n) is 6.87. The van der Waals surface area contributed by atoms with Gasteiger partial charge < -0.3 is 9.31 Å². The summed E-state index contributed by atoms with van der Waals surface area (Å²) in [5.41, 5.74) is 0.405. The molecule has 0 saturated carbocycles. The van der Waals surface area contributed by atoms with Gasteiger partial charge in [-0.1, -0.05) is 42.5 Å². The van der Waals surface area contributed by atoms with E-state index in [-0.39, 0.29) is 18.3 Å². The smallest absolute Gasteiger partial charge is 0.399 e. The van der Waals surface area contributed by atoms with Crippen molar-refractivity contribution in [3.63, 3.8) is 0 Å². The van der Waals surface area contributed by atoms with Gasteiger partial charge in [0.25, 0.3) is 0 Å². The summed E-state index contributed by atoms with van der Waals surface area (Å²) in [6.45, 7) is 8.41. The Labute approximate surface area is 180 Å². The fourth-order valence-corrected chi connectivity index (χ4v) is 5.53. The number of benzene rings is 4.